The summed E-state index contributed by atoms with van der Waals surface area (Å²) in [5, 5.41) is 13.7. The number of carbonyl (C=O) groups is 1. The number of hydrogen-bond donors (Lipinski definition) is 2. The molecule has 1 aliphatic rings. The molecule has 0 atom stereocenters. The summed E-state index contributed by atoms with van der Waals surface area (Å²) in [6, 6.07) is 8.48. The lowest BCUT2D eigenvalue weighted by Gasteiger charge is -2.03. The molecule has 1 aliphatic carbocycles. The van der Waals surface area contributed by atoms with E-state index in [0.717, 1.165) is 15.6 Å². The molecule has 0 radical (unpaired) electrons. The molecule has 1 saturated carbocycles. The molecular formula is C13H13NO2S. The van der Waals surface area contributed by atoms with Gasteiger partial charge in [0.1, 0.15) is 4.88 Å². The summed E-state index contributed by atoms with van der Waals surface area (Å²) in [6.07, 6.45) is 2.43. The van der Waals surface area contributed by atoms with Crippen molar-refractivity contribution in [2.45, 2.75) is 25.4 Å². The van der Waals surface area contributed by atoms with Gasteiger partial charge in [0.2, 0.25) is 0 Å². The highest BCUT2D eigenvalue weighted by molar-refractivity contribution is 7.21. The van der Waals surface area contributed by atoms with Gasteiger partial charge in [-0.25, -0.2) is 4.79 Å². The van der Waals surface area contributed by atoms with Crippen LogP contribution in [0.15, 0.2) is 24.3 Å². The Hall–Kier alpha value is -1.39. The van der Waals surface area contributed by atoms with Gasteiger partial charge < -0.3 is 10.4 Å². The van der Waals surface area contributed by atoms with Crippen LogP contribution in [-0.4, -0.2) is 17.1 Å². The predicted octanol–water partition coefficient (Wildman–Crippen LogP) is 2.85. The number of carboxylic acid groups (broad SMARTS) is 1. The van der Waals surface area contributed by atoms with Gasteiger partial charge in [-0.3, -0.25) is 0 Å². The molecule has 1 aromatic heterocycles. The molecule has 0 amide bonds. The third-order valence-corrected chi connectivity index (χ3v) is 4.24. The third kappa shape index (κ3) is 2.06. The number of aromatic carboxylic acids is 1. The van der Waals surface area contributed by atoms with Gasteiger partial charge in [-0.1, -0.05) is 18.2 Å². The van der Waals surface area contributed by atoms with E-state index in [2.05, 4.69) is 5.32 Å². The maximum Gasteiger partial charge on any atom is 0.346 e. The lowest BCUT2D eigenvalue weighted by molar-refractivity contribution is 0.0701. The Morgan fingerprint density at radius 2 is 2.18 bits per heavy atom. The van der Waals surface area contributed by atoms with Crippen molar-refractivity contribution < 1.29 is 9.90 Å². The maximum absolute atomic E-state index is 11.2. The summed E-state index contributed by atoms with van der Waals surface area (Å²) >= 11 is 1.36. The van der Waals surface area contributed by atoms with E-state index in [1.165, 1.54) is 24.2 Å². The van der Waals surface area contributed by atoms with Crippen LogP contribution in [0.4, 0.5) is 0 Å². The topological polar surface area (TPSA) is 49.3 Å². The molecule has 1 aromatic carbocycles. The van der Waals surface area contributed by atoms with Crippen molar-refractivity contribution in [3.63, 3.8) is 0 Å². The minimum atomic E-state index is -0.821. The van der Waals surface area contributed by atoms with Crippen molar-refractivity contribution >= 4 is 27.4 Å². The Bertz CT molecular complexity index is 572. The van der Waals surface area contributed by atoms with E-state index in [0.29, 0.717) is 17.5 Å². The number of carboxylic acids is 1. The zero-order valence-corrected chi connectivity index (χ0v) is 10.1. The second kappa shape index (κ2) is 4.13. The Morgan fingerprint density at radius 1 is 1.41 bits per heavy atom. The zero-order chi connectivity index (χ0) is 11.8. The van der Waals surface area contributed by atoms with Crippen LogP contribution in [0.25, 0.3) is 10.1 Å². The molecule has 0 bridgehead atoms. The van der Waals surface area contributed by atoms with Gasteiger partial charge in [0, 0.05) is 17.3 Å². The van der Waals surface area contributed by atoms with Crippen LogP contribution in [0.2, 0.25) is 0 Å². The number of benzene rings is 1. The molecule has 1 heterocycles. The molecule has 0 saturated heterocycles. The van der Waals surface area contributed by atoms with Gasteiger partial charge in [0.15, 0.2) is 0 Å². The first-order valence-corrected chi connectivity index (χ1v) is 6.54. The predicted molar refractivity (Wildman–Crippen MR) is 68.6 cm³/mol. The van der Waals surface area contributed by atoms with Crippen LogP contribution < -0.4 is 5.32 Å². The third-order valence-electron chi connectivity index (χ3n) is 3.04. The monoisotopic (exact) mass is 247 g/mol. The number of hydrogen-bond acceptors (Lipinski definition) is 3. The Morgan fingerprint density at radius 3 is 2.88 bits per heavy atom. The quantitative estimate of drug-likeness (QED) is 0.873. The standard InChI is InChI=1S/C13H13NO2S/c15-13(16)12-10(7-14-8-5-6-8)9-3-1-2-4-11(9)17-12/h1-4,8,14H,5-7H2,(H,15,16). The number of fused-ring (bicyclic) bond motifs is 1. The minimum Gasteiger partial charge on any atom is -0.477 e. The minimum absolute atomic E-state index is 0.472. The normalized spacial score (nSPS) is 15.3. The average molecular weight is 247 g/mol. The van der Waals surface area contributed by atoms with E-state index in [-0.39, 0.29) is 0 Å². The molecule has 4 heteroatoms. The van der Waals surface area contributed by atoms with E-state index in [4.69, 9.17) is 0 Å². The summed E-state index contributed by atoms with van der Waals surface area (Å²) in [4.78, 5) is 11.7. The van der Waals surface area contributed by atoms with Crippen LogP contribution in [0.3, 0.4) is 0 Å². The highest BCUT2D eigenvalue weighted by Crippen LogP contribution is 2.32. The summed E-state index contributed by atoms with van der Waals surface area (Å²) in [5.74, 6) is -0.821. The maximum atomic E-state index is 11.2. The molecule has 0 spiro atoms. The number of rotatable bonds is 4. The molecular weight excluding hydrogens is 234 g/mol. The second-order valence-electron chi connectivity index (χ2n) is 4.37. The number of thiophene rings is 1. The average Bonchev–Trinajstić information content (AvgIpc) is 3.07. The summed E-state index contributed by atoms with van der Waals surface area (Å²) in [5.41, 5.74) is 0.935. The van der Waals surface area contributed by atoms with Crippen LogP contribution in [0, 0.1) is 0 Å². The van der Waals surface area contributed by atoms with Crippen LogP contribution in [0.5, 0.6) is 0 Å². The first kappa shape index (κ1) is 10.7. The van der Waals surface area contributed by atoms with E-state index in [1.54, 1.807) is 0 Å². The van der Waals surface area contributed by atoms with E-state index in [9.17, 15) is 9.90 Å². The van der Waals surface area contributed by atoms with E-state index in [1.807, 2.05) is 24.3 Å². The molecule has 3 rings (SSSR count). The van der Waals surface area contributed by atoms with Crippen LogP contribution in [0.1, 0.15) is 28.1 Å². The van der Waals surface area contributed by atoms with Gasteiger partial charge in [0.25, 0.3) is 0 Å². The molecule has 0 aliphatic heterocycles. The van der Waals surface area contributed by atoms with Crippen molar-refractivity contribution in [1.82, 2.24) is 5.32 Å². The first-order valence-electron chi connectivity index (χ1n) is 5.73. The molecule has 88 valence electrons. The number of nitrogens with one attached hydrogen (secondary N) is 1. The van der Waals surface area contributed by atoms with Gasteiger partial charge >= 0.3 is 5.97 Å². The largest absolute Gasteiger partial charge is 0.477 e. The molecule has 2 N–H and O–H groups in total. The van der Waals surface area contributed by atoms with Gasteiger partial charge in [-0.2, -0.15) is 0 Å². The summed E-state index contributed by atoms with van der Waals surface area (Å²) < 4.78 is 1.05. The smallest absolute Gasteiger partial charge is 0.346 e. The Labute approximate surface area is 103 Å². The van der Waals surface area contributed by atoms with Gasteiger partial charge in [-0.05, 0) is 29.9 Å². The van der Waals surface area contributed by atoms with Crippen LogP contribution in [-0.2, 0) is 6.54 Å². The summed E-state index contributed by atoms with van der Waals surface area (Å²) in [6.45, 7) is 0.663. The van der Waals surface area contributed by atoms with Gasteiger partial charge in [0.05, 0.1) is 0 Å². The van der Waals surface area contributed by atoms with Crippen molar-refractivity contribution in [2.24, 2.45) is 0 Å². The van der Waals surface area contributed by atoms with E-state index >= 15 is 0 Å². The lowest BCUT2D eigenvalue weighted by atomic mass is 10.1. The van der Waals surface area contributed by atoms with Gasteiger partial charge in [-0.15, -0.1) is 11.3 Å². The SMILES string of the molecule is O=C(O)c1sc2ccccc2c1CNC1CC1. The fraction of sp³-hybridized carbons (Fsp3) is 0.308. The Kier molecular flexibility index (Phi) is 2.61. The zero-order valence-electron chi connectivity index (χ0n) is 9.27. The fourth-order valence-corrected chi connectivity index (χ4v) is 3.04. The van der Waals surface area contributed by atoms with Crippen molar-refractivity contribution in [2.75, 3.05) is 0 Å². The highest BCUT2D eigenvalue weighted by atomic mass is 32.1. The molecule has 3 nitrogen and oxygen atoms in total. The highest BCUT2D eigenvalue weighted by Gasteiger charge is 2.23. The second-order valence-corrected chi connectivity index (χ2v) is 5.42. The molecule has 2 aromatic rings. The Balaban J connectivity index is 2.03. The van der Waals surface area contributed by atoms with E-state index < -0.39 is 5.97 Å². The van der Waals surface area contributed by atoms with Crippen molar-refractivity contribution in [3.8, 4) is 0 Å². The summed E-state index contributed by atoms with van der Waals surface area (Å²) in [7, 11) is 0. The van der Waals surface area contributed by atoms with Crippen LogP contribution >= 0.6 is 11.3 Å². The lowest BCUT2D eigenvalue weighted by Crippen LogP contribution is -2.16. The first-order chi connectivity index (χ1) is 8.25. The van der Waals surface area contributed by atoms with Crippen molar-refractivity contribution in [3.05, 3.63) is 34.7 Å². The fourth-order valence-electron chi connectivity index (χ4n) is 1.98. The van der Waals surface area contributed by atoms with Crippen molar-refractivity contribution in [1.29, 1.82) is 0 Å². The molecule has 1 fully saturated rings. The molecule has 0 unspecified atom stereocenters. The molecule has 17 heavy (non-hydrogen) atoms.